The minimum atomic E-state index is -0.228. The van der Waals surface area contributed by atoms with Gasteiger partial charge in [0.25, 0.3) is 5.91 Å². The summed E-state index contributed by atoms with van der Waals surface area (Å²) in [4.78, 5) is 31.0. The Balaban J connectivity index is 1.15. The van der Waals surface area contributed by atoms with E-state index in [0.717, 1.165) is 67.3 Å². The molecule has 1 aromatic heterocycles. The summed E-state index contributed by atoms with van der Waals surface area (Å²) in [6, 6.07) is 4.83. The number of nitrogens with zero attached hydrogens (tertiary/aromatic N) is 2. The SMILES string of the molecule is Cc1cc(OCC(=O)N2CCCC3=C[C@H]4C[C@@H](CN5CCCC[C@H]45)[C@@H]32)c2c3c(c(=O)oc2c1)CCC3. The van der Waals surface area contributed by atoms with E-state index in [4.69, 9.17) is 9.15 Å². The molecule has 0 radical (unpaired) electrons. The monoisotopic (exact) mass is 488 g/mol. The third-order valence-electron chi connectivity index (χ3n) is 9.51. The molecular weight excluding hydrogens is 452 g/mol. The number of hydrogen-bond donors (Lipinski definition) is 0. The van der Waals surface area contributed by atoms with E-state index in [2.05, 4.69) is 15.9 Å². The first-order chi connectivity index (χ1) is 17.6. The van der Waals surface area contributed by atoms with Crippen LogP contribution in [0.25, 0.3) is 11.0 Å². The normalized spacial score (nSPS) is 29.4. The van der Waals surface area contributed by atoms with Gasteiger partial charge in [-0.25, -0.2) is 4.79 Å². The van der Waals surface area contributed by atoms with Gasteiger partial charge in [-0.05, 0) is 99.9 Å². The topological polar surface area (TPSA) is 63.0 Å². The molecule has 6 nitrogen and oxygen atoms in total. The highest BCUT2D eigenvalue weighted by molar-refractivity contribution is 5.89. The van der Waals surface area contributed by atoms with Gasteiger partial charge in [0, 0.05) is 24.7 Å². The molecule has 0 N–H and O–H groups in total. The van der Waals surface area contributed by atoms with Crippen LogP contribution in [0.1, 0.15) is 61.6 Å². The summed E-state index contributed by atoms with van der Waals surface area (Å²) < 4.78 is 11.9. The molecule has 0 unspecified atom stereocenters. The Bertz CT molecular complexity index is 1310. The molecule has 3 aliphatic heterocycles. The molecule has 190 valence electrons. The lowest BCUT2D eigenvalue weighted by atomic mass is 9.68. The van der Waals surface area contributed by atoms with Crippen LogP contribution in [0, 0.1) is 18.8 Å². The number of ether oxygens (including phenoxy) is 1. The number of aryl methyl sites for hydroxylation is 2. The van der Waals surface area contributed by atoms with Crippen molar-refractivity contribution in [2.75, 3.05) is 26.2 Å². The zero-order chi connectivity index (χ0) is 24.4. The molecule has 2 bridgehead atoms. The Labute approximate surface area is 212 Å². The van der Waals surface area contributed by atoms with Crippen molar-refractivity contribution in [3.63, 3.8) is 0 Å². The summed E-state index contributed by atoms with van der Waals surface area (Å²) in [5.41, 5.74) is 4.63. The van der Waals surface area contributed by atoms with Crippen LogP contribution in [0.5, 0.6) is 5.75 Å². The first kappa shape index (κ1) is 22.6. The average Bonchev–Trinajstić information content (AvgIpc) is 3.37. The van der Waals surface area contributed by atoms with Crippen LogP contribution in [-0.4, -0.2) is 54.0 Å². The van der Waals surface area contributed by atoms with Crippen LogP contribution < -0.4 is 10.4 Å². The number of hydrogen-bond acceptors (Lipinski definition) is 5. The number of piperidine rings is 3. The molecule has 1 amide bonds. The van der Waals surface area contributed by atoms with Crippen molar-refractivity contribution in [3.05, 3.63) is 50.9 Å². The average molecular weight is 489 g/mol. The Kier molecular flexibility index (Phi) is 5.49. The maximum absolute atomic E-state index is 13.7. The number of amides is 1. The van der Waals surface area contributed by atoms with Crippen molar-refractivity contribution >= 4 is 16.9 Å². The van der Waals surface area contributed by atoms with Crippen LogP contribution in [0.3, 0.4) is 0 Å². The molecule has 3 saturated heterocycles. The van der Waals surface area contributed by atoms with E-state index in [1.165, 1.54) is 37.8 Å². The third-order valence-corrected chi connectivity index (χ3v) is 9.51. The Morgan fingerprint density at radius 1 is 1.08 bits per heavy atom. The summed E-state index contributed by atoms with van der Waals surface area (Å²) in [7, 11) is 0. The maximum Gasteiger partial charge on any atom is 0.339 e. The van der Waals surface area contributed by atoms with Gasteiger partial charge in [0.05, 0.1) is 11.4 Å². The molecule has 0 spiro atoms. The fourth-order valence-corrected chi connectivity index (χ4v) is 8.09. The summed E-state index contributed by atoms with van der Waals surface area (Å²) in [6.07, 6.45) is 12.5. The van der Waals surface area contributed by atoms with E-state index in [9.17, 15) is 9.59 Å². The molecule has 4 heterocycles. The van der Waals surface area contributed by atoms with Crippen molar-refractivity contribution in [2.45, 2.75) is 76.8 Å². The second kappa shape index (κ2) is 8.76. The second-order valence-corrected chi connectivity index (χ2v) is 11.7. The van der Waals surface area contributed by atoms with Gasteiger partial charge in [0.2, 0.25) is 0 Å². The number of carbonyl (C=O) groups is 1. The molecule has 2 aromatic rings. The van der Waals surface area contributed by atoms with Gasteiger partial charge in [-0.3, -0.25) is 9.69 Å². The van der Waals surface area contributed by atoms with Crippen molar-refractivity contribution in [3.8, 4) is 5.75 Å². The van der Waals surface area contributed by atoms with Gasteiger partial charge >= 0.3 is 5.63 Å². The Morgan fingerprint density at radius 3 is 2.89 bits per heavy atom. The van der Waals surface area contributed by atoms with Gasteiger partial charge in [-0.15, -0.1) is 0 Å². The zero-order valence-corrected chi connectivity index (χ0v) is 21.3. The molecule has 0 saturated carbocycles. The lowest BCUT2D eigenvalue weighted by Gasteiger charge is -2.54. The first-order valence-corrected chi connectivity index (χ1v) is 14.0. The highest BCUT2D eigenvalue weighted by Crippen LogP contribution is 2.45. The predicted molar refractivity (Wildman–Crippen MR) is 138 cm³/mol. The van der Waals surface area contributed by atoms with Crippen molar-refractivity contribution in [1.29, 1.82) is 0 Å². The van der Waals surface area contributed by atoms with E-state index in [1.54, 1.807) is 0 Å². The lowest BCUT2D eigenvalue weighted by molar-refractivity contribution is -0.138. The first-order valence-electron chi connectivity index (χ1n) is 14.0. The lowest BCUT2D eigenvalue weighted by Crippen LogP contribution is -2.60. The van der Waals surface area contributed by atoms with Crippen molar-refractivity contribution in [2.24, 2.45) is 11.8 Å². The minimum Gasteiger partial charge on any atom is -0.483 e. The molecule has 1 aromatic carbocycles. The summed E-state index contributed by atoms with van der Waals surface area (Å²) in [5, 5.41) is 0.878. The highest BCUT2D eigenvalue weighted by atomic mass is 16.5. The van der Waals surface area contributed by atoms with Gasteiger partial charge in [0.15, 0.2) is 6.61 Å². The Morgan fingerprint density at radius 2 is 1.97 bits per heavy atom. The summed E-state index contributed by atoms with van der Waals surface area (Å²) in [5.74, 6) is 1.95. The quantitative estimate of drug-likeness (QED) is 0.474. The van der Waals surface area contributed by atoms with Crippen LogP contribution in [0.2, 0.25) is 0 Å². The number of carbonyl (C=O) groups excluding carboxylic acids is 1. The third kappa shape index (κ3) is 3.63. The number of benzene rings is 1. The molecule has 7 rings (SSSR count). The molecule has 2 aliphatic carbocycles. The smallest absolute Gasteiger partial charge is 0.339 e. The van der Waals surface area contributed by atoms with E-state index in [1.807, 2.05) is 19.1 Å². The highest BCUT2D eigenvalue weighted by Gasteiger charge is 2.46. The van der Waals surface area contributed by atoms with E-state index in [0.29, 0.717) is 29.2 Å². The standard InChI is InChI=1S/C30H36N2O4/c1-18-12-25(28-22-7-4-8-23(22)30(34)36-26(28)13-18)35-17-27(33)32-11-5-6-19-14-20-15-21(29(19)32)16-31-10-3-2-9-24(20)31/h12-14,20-21,24,29H,2-11,15-17H2,1H3/t20-,21-,24+,29+/m0/s1. The number of rotatable bonds is 3. The fourth-order valence-electron chi connectivity index (χ4n) is 8.09. The molecule has 4 atom stereocenters. The van der Waals surface area contributed by atoms with Crippen molar-refractivity contribution in [1.82, 2.24) is 9.80 Å². The molecule has 3 fully saturated rings. The zero-order valence-electron chi connectivity index (χ0n) is 21.3. The van der Waals surface area contributed by atoms with Crippen LogP contribution in [0.15, 0.2) is 33.0 Å². The van der Waals surface area contributed by atoms with E-state index >= 15 is 0 Å². The predicted octanol–water partition coefficient (Wildman–Crippen LogP) is 4.39. The second-order valence-electron chi connectivity index (χ2n) is 11.7. The minimum absolute atomic E-state index is 0.0265. The number of likely N-dealkylation sites (tertiary alicyclic amines) is 1. The van der Waals surface area contributed by atoms with Gasteiger partial charge in [-0.1, -0.05) is 18.1 Å². The largest absolute Gasteiger partial charge is 0.483 e. The maximum atomic E-state index is 13.7. The van der Waals surface area contributed by atoms with Gasteiger partial charge < -0.3 is 14.1 Å². The number of fused-ring (bicyclic) bond motifs is 9. The van der Waals surface area contributed by atoms with Crippen LogP contribution >= 0.6 is 0 Å². The van der Waals surface area contributed by atoms with Gasteiger partial charge in [0.1, 0.15) is 11.3 Å². The molecule has 36 heavy (non-hydrogen) atoms. The molecule has 5 aliphatic rings. The molecular formula is C30H36N2O4. The molecule has 6 heteroatoms. The fraction of sp³-hybridized carbons (Fsp3) is 0.600. The van der Waals surface area contributed by atoms with Crippen LogP contribution in [-0.2, 0) is 17.6 Å². The van der Waals surface area contributed by atoms with E-state index in [-0.39, 0.29) is 24.2 Å². The van der Waals surface area contributed by atoms with Crippen molar-refractivity contribution < 1.29 is 13.9 Å². The van der Waals surface area contributed by atoms with E-state index < -0.39 is 0 Å². The van der Waals surface area contributed by atoms with Crippen LogP contribution in [0.4, 0.5) is 0 Å². The summed E-state index contributed by atoms with van der Waals surface area (Å²) in [6.45, 7) is 5.15. The summed E-state index contributed by atoms with van der Waals surface area (Å²) >= 11 is 0. The Hall–Kier alpha value is -2.60. The van der Waals surface area contributed by atoms with Gasteiger partial charge in [-0.2, -0.15) is 0 Å².